The predicted octanol–water partition coefficient (Wildman–Crippen LogP) is 4.00. The highest BCUT2D eigenvalue weighted by atomic mass is 32.2. The van der Waals surface area contributed by atoms with Gasteiger partial charge >= 0.3 is 6.09 Å². The van der Waals surface area contributed by atoms with Crippen LogP contribution in [-0.2, 0) is 24.3 Å². The lowest BCUT2D eigenvalue weighted by molar-refractivity contribution is -0.114. The van der Waals surface area contributed by atoms with Gasteiger partial charge in [-0.05, 0) is 58.6 Å². The molecule has 4 rings (SSSR count). The van der Waals surface area contributed by atoms with E-state index in [2.05, 4.69) is 20.3 Å². The Kier molecular flexibility index (Phi) is 8.22. The maximum Gasteiger partial charge on any atom is 0.407 e. The van der Waals surface area contributed by atoms with E-state index in [9.17, 15) is 18.0 Å². The number of amides is 2. The van der Waals surface area contributed by atoms with Gasteiger partial charge < -0.3 is 20.1 Å². The van der Waals surface area contributed by atoms with Gasteiger partial charge in [-0.3, -0.25) is 4.79 Å². The van der Waals surface area contributed by atoms with Crippen LogP contribution in [0.4, 0.5) is 10.5 Å². The standard InChI is InChI=1S/C25H34N4O6S2/c1-15(30)27-18-9-10-20(22(11-18)37(32,33)29-25(2,3)4)21-12-26-23(36-21)16-5-7-17(8-6-16)28-24(31)35-19-13-34-14-19/h9-12,16-17,19,29H,5-8,13-14H2,1-4H3,(H,27,30)(H,28,31). The van der Waals surface area contributed by atoms with Gasteiger partial charge in [0.2, 0.25) is 15.9 Å². The van der Waals surface area contributed by atoms with Crippen LogP contribution in [0.15, 0.2) is 29.3 Å². The van der Waals surface area contributed by atoms with Gasteiger partial charge in [-0.25, -0.2) is 22.9 Å². The van der Waals surface area contributed by atoms with Gasteiger partial charge in [0.15, 0.2) is 6.10 Å². The predicted molar refractivity (Wildman–Crippen MR) is 141 cm³/mol. The van der Waals surface area contributed by atoms with Crippen molar-refractivity contribution in [1.29, 1.82) is 0 Å². The van der Waals surface area contributed by atoms with Crippen LogP contribution in [0.5, 0.6) is 0 Å². The Bertz CT molecular complexity index is 1240. The summed E-state index contributed by atoms with van der Waals surface area (Å²) in [6, 6.07) is 4.94. The van der Waals surface area contributed by atoms with Crippen molar-refractivity contribution in [3.05, 3.63) is 29.4 Å². The molecular formula is C25H34N4O6S2. The summed E-state index contributed by atoms with van der Waals surface area (Å²) in [5.41, 5.74) is 0.265. The van der Waals surface area contributed by atoms with Gasteiger partial charge in [0.1, 0.15) is 0 Å². The summed E-state index contributed by atoms with van der Waals surface area (Å²) in [4.78, 5) is 29.1. The van der Waals surface area contributed by atoms with E-state index in [0.29, 0.717) is 24.5 Å². The Balaban J connectivity index is 1.48. The second-order valence-electron chi connectivity index (χ2n) is 10.6. The van der Waals surface area contributed by atoms with E-state index in [0.717, 1.165) is 35.6 Å². The van der Waals surface area contributed by atoms with E-state index in [1.807, 2.05) is 0 Å². The molecule has 0 atom stereocenters. The van der Waals surface area contributed by atoms with Crippen molar-refractivity contribution in [3.8, 4) is 10.4 Å². The molecule has 1 aromatic heterocycles. The summed E-state index contributed by atoms with van der Waals surface area (Å²) in [5, 5.41) is 6.55. The molecule has 12 heteroatoms. The number of rotatable bonds is 7. The van der Waals surface area contributed by atoms with Gasteiger partial charge in [-0.2, -0.15) is 0 Å². The molecule has 3 N–H and O–H groups in total. The van der Waals surface area contributed by atoms with Crippen molar-refractivity contribution in [2.45, 2.75) is 81.9 Å². The molecule has 2 heterocycles. The second kappa shape index (κ2) is 11.1. The molecule has 1 saturated heterocycles. The highest BCUT2D eigenvalue weighted by Gasteiger charge is 2.30. The lowest BCUT2D eigenvalue weighted by atomic mass is 9.86. The summed E-state index contributed by atoms with van der Waals surface area (Å²) in [6.45, 7) is 7.62. The molecule has 0 radical (unpaired) electrons. The van der Waals surface area contributed by atoms with Crippen LogP contribution in [0.2, 0.25) is 0 Å². The second-order valence-corrected chi connectivity index (χ2v) is 13.3. The molecule has 1 aliphatic carbocycles. The smallest absolute Gasteiger partial charge is 0.407 e. The molecule has 0 bridgehead atoms. The molecular weight excluding hydrogens is 516 g/mol. The van der Waals surface area contributed by atoms with Crippen molar-refractivity contribution in [2.24, 2.45) is 0 Å². The molecule has 1 aromatic carbocycles. The average Bonchev–Trinajstić information content (AvgIpc) is 3.25. The SMILES string of the molecule is CC(=O)Nc1ccc(-c2cnc(C3CCC(NC(=O)OC4COC4)CC3)s2)c(S(=O)(=O)NC(C)(C)C)c1. The van der Waals surface area contributed by atoms with Crippen molar-refractivity contribution in [1.82, 2.24) is 15.0 Å². The number of nitrogens with zero attached hydrogens (tertiary/aromatic N) is 1. The number of carbonyl (C=O) groups excluding carboxylic acids is 2. The van der Waals surface area contributed by atoms with Crippen LogP contribution >= 0.6 is 11.3 Å². The van der Waals surface area contributed by atoms with E-state index in [1.165, 1.54) is 24.3 Å². The fourth-order valence-corrected chi connectivity index (χ4v) is 7.26. The zero-order chi connectivity index (χ0) is 26.8. The fraction of sp³-hybridized carbons (Fsp3) is 0.560. The number of benzene rings is 1. The molecule has 0 unspecified atom stereocenters. The number of alkyl carbamates (subject to hydrolysis) is 1. The third-order valence-electron chi connectivity index (χ3n) is 6.10. The minimum atomic E-state index is -3.88. The molecule has 2 aliphatic rings. The topological polar surface area (TPSA) is 136 Å². The Morgan fingerprint density at radius 1 is 1.14 bits per heavy atom. The molecule has 2 fully saturated rings. The maximum atomic E-state index is 13.3. The minimum Gasteiger partial charge on any atom is -0.441 e. The monoisotopic (exact) mass is 550 g/mol. The number of hydrogen-bond donors (Lipinski definition) is 3. The molecule has 2 amide bonds. The Hall–Kier alpha value is -2.54. The average molecular weight is 551 g/mol. The quantitative estimate of drug-likeness (QED) is 0.474. The summed E-state index contributed by atoms with van der Waals surface area (Å²) in [6.07, 6.45) is 4.53. The van der Waals surface area contributed by atoms with Crippen LogP contribution in [-0.4, -0.2) is 56.3 Å². The van der Waals surface area contributed by atoms with Crippen LogP contribution in [0.1, 0.15) is 64.3 Å². The van der Waals surface area contributed by atoms with E-state index >= 15 is 0 Å². The number of carbonyl (C=O) groups is 2. The van der Waals surface area contributed by atoms with Gasteiger partial charge in [-0.15, -0.1) is 11.3 Å². The van der Waals surface area contributed by atoms with Crippen molar-refractivity contribution >= 4 is 39.0 Å². The number of aromatic nitrogens is 1. The first-order valence-corrected chi connectivity index (χ1v) is 14.7. The number of sulfonamides is 1. The van der Waals surface area contributed by atoms with E-state index in [4.69, 9.17) is 9.47 Å². The van der Waals surface area contributed by atoms with Crippen molar-refractivity contribution < 1.29 is 27.5 Å². The van der Waals surface area contributed by atoms with E-state index < -0.39 is 21.7 Å². The molecule has 0 spiro atoms. The number of hydrogen-bond acceptors (Lipinski definition) is 8. The lowest BCUT2D eigenvalue weighted by Crippen LogP contribution is -2.44. The van der Waals surface area contributed by atoms with Gasteiger partial charge in [0.25, 0.3) is 0 Å². The Morgan fingerprint density at radius 2 is 1.84 bits per heavy atom. The highest BCUT2D eigenvalue weighted by Crippen LogP contribution is 2.40. The molecule has 37 heavy (non-hydrogen) atoms. The molecule has 1 saturated carbocycles. The zero-order valence-corrected chi connectivity index (χ0v) is 23.1. The van der Waals surface area contributed by atoms with Crippen LogP contribution in [0.3, 0.4) is 0 Å². The molecule has 202 valence electrons. The summed E-state index contributed by atoms with van der Waals surface area (Å²) >= 11 is 1.48. The zero-order valence-electron chi connectivity index (χ0n) is 21.5. The van der Waals surface area contributed by atoms with Gasteiger partial charge in [-0.1, -0.05) is 6.07 Å². The maximum absolute atomic E-state index is 13.3. The fourth-order valence-electron chi connectivity index (χ4n) is 4.41. The summed E-state index contributed by atoms with van der Waals surface area (Å²) in [5.74, 6) is -0.0466. The Morgan fingerprint density at radius 3 is 2.43 bits per heavy atom. The number of anilines is 1. The third kappa shape index (κ3) is 7.28. The molecule has 10 nitrogen and oxygen atoms in total. The number of nitrogens with one attached hydrogen (secondary N) is 3. The number of ether oxygens (including phenoxy) is 2. The van der Waals surface area contributed by atoms with E-state index in [-0.39, 0.29) is 28.9 Å². The first kappa shape index (κ1) is 27.5. The van der Waals surface area contributed by atoms with Crippen molar-refractivity contribution in [2.75, 3.05) is 18.5 Å². The lowest BCUT2D eigenvalue weighted by Gasteiger charge is -2.30. The third-order valence-corrected chi connectivity index (χ3v) is 9.09. The highest BCUT2D eigenvalue weighted by molar-refractivity contribution is 7.89. The summed E-state index contributed by atoms with van der Waals surface area (Å²) < 4.78 is 39.6. The van der Waals surface area contributed by atoms with Gasteiger partial charge in [0, 0.05) is 41.9 Å². The largest absolute Gasteiger partial charge is 0.441 e. The van der Waals surface area contributed by atoms with Crippen molar-refractivity contribution in [3.63, 3.8) is 0 Å². The Labute approximate surface area is 221 Å². The first-order valence-electron chi connectivity index (χ1n) is 12.4. The first-order chi connectivity index (χ1) is 17.4. The number of thiazole rings is 1. The van der Waals surface area contributed by atoms with Crippen LogP contribution in [0, 0.1) is 0 Å². The molecule has 2 aromatic rings. The molecule has 1 aliphatic heterocycles. The van der Waals surface area contributed by atoms with E-state index in [1.54, 1.807) is 39.1 Å². The van der Waals surface area contributed by atoms with Crippen LogP contribution < -0.4 is 15.4 Å². The summed E-state index contributed by atoms with van der Waals surface area (Å²) in [7, 11) is -3.88. The minimum absolute atomic E-state index is 0.0608. The normalized spacial score (nSPS) is 20.6. The van der Waals surface area contributed by atoms with Crippen LogP contribution in [0.25, 0.3) is 10.4 Å². The van der Waals surface area contributed by atoms with Gasteiger partial charge in [0.05, 0.1) is 28.0 Å².